The van der Waals surface area contributed by atoms with Crippen LogP contribution in [0.15, 0.2) is 54.6 Å². The lowest BCUT2D eigenvalue weighted by atomic mass is 10.0. The molecule has 126 valence electrons. The van der Waals surface area contributed by atoms with Gasteiger partial charge >= 0.3 is 6.09 Å². The summed E-state index contributed by atoms with van der Waals surface area (Å²) in [6, 6.07) is 16.9. The van der Waals surface area contributed by atoms with Crippen molar-refractivity contribution in [1.29, 1.82) is 0 Å². The van der Waals surface area contributed by atoms with Gasteiger partial charge in [-0.05, 0) is 23.1 Å². The predicted molar refractivity (Wildman–Crippen MR) is 93.1 cm³/mol. The van der Waals surface area contributed by atoms with Crippen molar-refractivity contribution >= 4 is 12.0 Å². The van der Waals surface area contributed by atoms with Crippen molar-refractivity contribution in [1.82, 2.24) is 5.32 Å². The van der Waals surface area contributed by atoms with E-state index in [1.165, 1.54) is 0 Å². The fourth-order valence-electron chi connectivity index (χ4n) is 2.45. The number of alkyl carbamates (subject to hydrolysis) is 1. The standard InChI is InChI=1S/C19H22N2O3/c1-2-8-17(18(20)22)21-19(23)24-13-15-11-6-7-12-16(15)14-9-4-3-5-10-14/h3-7,9-12,17H,2,8,13H2,1H3,(H2,20,22)(H,21,23). The van der Waals surface area contributed by atoms with Crippen molar-refractivity contribution in [3.8, 4) is 11.1 Å². The molecule has 0 aromatic heterocycles. The van der Waals surface area contributed by atoms with Gasteiger partial charge in [-0.25, -0.2) is 4.79 Å². The number of hydrogen-bond donors (Lipinski definition) is 2. The zero-order chi connectivity index (χ0) is 17.4. The van der Waals surface area contributed by atoms with Crippen molar-refractivity contribution < 1.29 is 14.3 Å². The molecule has 0 bridgehead atoms. The smallest absolute Gasteiger partial charge is 0.408 e. The lowest BCUT2D eigenvalue weighted by molar-refractivity contribution is -0.120. The number of carbonyl (C=O) groups excluding carboxylic acids is 2. The van der Waals surface area contributed by atoms with E-state index in [0.29, 0.717) is 6.42 Å². The second kappa shape index (κ2) is 8.72. The highest BCUT2D eigenvalue weighted by molar-refractivity contribution is 5.84. The van der Waals surface area contributed by atoms with Crippen molar-refractivity contribution in [2.24, 2.45) is 5.73 Å². The van der Waals surface area contributed by atoms with Gasteiger partial charge in [0, 0.05) is 0 Å². The molecule has 5 nitrogen and oxygen atoms in total. The van der Waals surface area contributed by atoms with Crippen molar-refractivity contribution in [3.63, 3.8) is 0 Å². The van der Waals surface area contributed by atoms with Crippen LogP contribution in [0.3, 0.4) is 0 Å². The number of nitrogens with two attached hydrogens (primary N) is 1. The number of benzene rings is 2. The van der Waals surface area contributed by atoms with Crippen LogP contribution >= 0.6 is 0 Å². The number of primary amides is 1. The Hall–Kier alpha value is -2.82. The Kier molecular flexibility index (Phi) is 6.37. The van der Waals surface area contributed by atoms with E-state index >= 15 is 0 Å². The van der Waals surface area contributed by atoms with Crippen molar-refractivity contribution in [2.75, 3.05) is 0 Å². The minimum atomic E-state index is -0.702. The topological polar surface area (TPSA) is 81.4 Å². The lowest BCUT2D eigenvalue weighted by Gasteiger charge is -2.15. The fourth-order valence-corrected chi connectivity index (χ4v) is 2.45. The average Bonchev–Trinajstić information content (AvgIpc) is 2.60. The van der Waals surface area contributed by atoms with Gasteiger partial charge < -0.3 is 15.8 Å². The third-order valence-electron chi connectivity index (χ3n) is 3.67. The zero-order valence-electron chi connectivity index (χ0n) is 13.7. The predicted octanol–water partition coefficient (Wildman–Crippen LogP) is 3.23. The maximum atomic E-state index is 11.9. The first-order valence-corrected chi connectivity index (χ1v) is 7.97. The van der Waals surface area contributed by atoms with Gasteiger partial charge in [0.25, 0.3) is 0 Å². The quantitative estimate of drug-likeness (QED) is 0.819. The molecule has 24 heavy (non-hydrogen) atoms. The molecule has 2 amide bonds. The first-order valence-electron chi connectivity index (χ1n) is 7.97. The van der Waals surface area contributed by atoms with E-state index in [2.05, 4.69) is 5.32 Å². The maximum absolute atomic E-state index is 11.9. The number of ether oxygens (including phenoxy) is 1. The molecule has 3 N–H and O–H groups in total. The summed E-state index contributed by atoms with van der Waals surface area (Å²) in [6.07, 6.45) is 0.588. The number of hydrogen-bond acceptors (Lipinski definition) is 3. The Bertz CT molecular complexity index is 686. The van der Waals surface area contributed by atoms with E-state index in [-0.39, 0.29) is 6.61 Å². The maximum Gasteiger partial charge on any atom is 0.408 e. The van der Waals surface area contributed by atoms with Crippen LogP contribution in [0.1, 0.15) is 25.3 Å². The molecule has 5 heteroatoms. The summed E-state index contributed by atoms with van der Waals surface area (Å²) < 4.78 is 5.26. The molecule has 0 spiro atoms. The molecule has 0 heterocycles. The van der Waals surface area contributed by atoms with Crippen LogP contribution in [0.5, 0.6) is 0 Å². The van der Waals surface area contributed by atoms with E-state index in [0.717, 1.165) is 23.1 Å². The molecule has 1 atom stereocenters. The van der Waals surface area contributed by atoms with Crippen LogP contribution in [0, 0.1) is 0 Å². The molecule has 0 fully saturated rings. The molecular weight excluding hydrogens is 304 g/mol. The second-order valence-corrected chi connectivity index (χ2v) is 5.49. The number of rotatable bonds is 7. The second-order valence-electron chi connectivity index (χ2n) is 5.49. The molecule has 0 aliphatic carbocycles. The van der Waals surface area contributed by atoms with Crippen molar-refractivity contribution in [2.45, 2.75) is 32.4 Å². The molecule has 1 unspecified atom stereocenters. The first kappa shape index (κ1) is 17.5. The van der Waals surface area contributed by atoms with Crippen LogP contribution < -0.4 is 11.1 Å². The molecule has 2 aromatic rings. The van der Waals surface area contributed by atoms with Gasteiger partial charge in [0.05, 0.1) is 0 Å². The summed E-state index contributed by atoms with van der Waals surface area (Å²) in [4.78, 5) is 23.2. The third-order valence-corrected chi connectivity index (χ3v) is 3.67. The first-order chi connectivity index (χ1) is 11.6. The Morgan fingerprint density at radius 3 is 2.42 bits per heavy atom. The van der Waals surface area contributed by atoms with Crippen LogP contribution in [-0.2, 0) is 16.1 Å². The molecule has 2 aromatic carbocycles. The summed E-state index contributed by atoms with van der Waals surface area (Å²) in [5.41, 5.74) is 8.22. The van der Waals surface area contributed by atoms with E-state index in [4.69, 9.17) is 10.5 Å². The average molecular weight is 326 g/mol. The van der Waals surface area contributed by atoms with Crippen LogP contribution in [0.25, 0.3) is 11.1 Å². The van der Waals surface area contributed by atoms with Crippen LogP contribution in [-0.4, -0.2) is 18.0 Å². The van der Waals surface area contributed by atoms with E-state index in [1.54, 1.807) is 0 Å². The summed E-state index contributed by atoms with van der Waals surface area (Å²) in [5, 5.41) is 2.51. The summed E-state index contributed by atoms with van der Waals surface area (Å²) >= 11 is 0. The monoisotopic (exact) mass is 326 g/mol. The van der Waals surface area contributed by atoms with Gasteiger partial charge in [-0.2, -0.15) is 0 Å². The molecule has 0 aliphatic rings. The van der Waals surface area contributed by atoms with Gasteiger partial charge in [-0.1, -0.05) is 67.9 Å². The normalized spacial score (nSPS) is 11.5. The number of nitrogens with one attached hydrogen (secondary N) is 1. The van der Waals surface area contributed by atoms with Gasteiger partial charge in [-0.3, -0.25) is 4.79 Å². The highest BCUT2D eigenvalue weighted by Crippen LogP contribution is 2.23. The molecule has 2 rings (SSSR count). The third kappa shape index (κ3) is 4.84. The van der Waals surface area contributed by atoms with Gasteiger partial charge in [0.2, 0.25) is 5.91 Å². The van der Waals surface area contributed by atoms with Gasteiger partial charge in [-0.15, -0.1) is 0 Å². The molecule has 0 radical (unpaired) electrons. The van der Waals surface area contributed by atoms with Gasteiger partial charge in [0.15, 0.2) is 0 Å². The van der Waals surface area contributed by atoms with Crippen LogP contribution in [0.2, 0.25) is 0 Å². The largest absolute Gasteiger partial charge is 0.445 e. The minimum Gasteiger partial charge on any atom is -0.445 e. The Morgan fingerprint density at radius 1 is 1.08 bits per heavy atom. The highest BCUT2D eigenvalue weighted by Gasteiger charge is 2.18. The Morgan fingerprint density at radius 2 is 1.75 bits per heavy atom. The van der Waals surface area contributed by atoms with E-state index in [9.17, 15) is 9.59 Å². The fraction of sp³-hybridized carbons (Fsp3) is 0.263. The molecule has 0 saturated carbocycles. The number of carbonyl (C=O) groups is 2. The van der Waals surface area contributed by atoms with Crippen LogP contribution in [0.4, 0.5) is 4.79 Å². The lowest BCUT2D eigenvalue weighted by Crippen LogP contribution is -2.44. The van der Waals surface area contributed by atoms with Crippen molar-refractivity contribution in [3.05, 3.63) is 60.2 Å². The minimum absolute atomic E-state index is 0.120. The SMILES string of the molecule is CCCC(NC(=O)OCc1ccccc1-c1ccccc1)C(N)=O. The summed E-state index contributed by atoms with van der Waals surface area (Å²) in [7, 11) is 0. The molecule has 0 saturated heterocycles. The molecular formula is C19H22N2O3. The molecule has 0 aliphatic heterocycles. The van der Waals surface area contributed by atoms with E-state index in [1.807, 2.05) is 61.5 Å². The Labute approximate surface area is 141 Å². The number of amides is 2. The highest BCUT2D eigenvalue weighted by atomic mass is 16.5. The Balaban J connectivity index is 2.02. The van der Waals surface area contributed by atoms with E-state index < -0.39 is 18.0 Å². The summed E-state index contributed by atoms with van der Waals surface area (Å²) in [5.74, 6) is -0.557. The summed E-state index contributed by atoms with van der Waals surface area (Å²) in [6.45, 7) is 2.04. The zero-order valence-corrected chi connectivity index (χ0v) is 13.7. The van der Waals surface area contributed by atoms with Gasteiger partial charge in [0.1, 0.15) is 12.6 Å².